The maximum atomic E-state index is 11.5. The van der Waals surface area contributed by atoms with Gasteiger partial charge >= 0.3 is 11.9 Å². The Morgan fingerprint density at radius 1 is 0.692 bits per heavy atom. The van der Waals surface area contributed by atoms with Crippen molar-refractivity contribution in [2.24, 2.45) is 0 Å². The summed E-state index contributed by atoms with van der Waals surface area (Å²) in [7, 11) is 0. The molecule has 0 radical (unpaired) electrons. The number of fused-ring (bicyclic) bond motifs is 1. The standard InChI is InChI=1S/C33H34O6/c1-23(2)31(34)38-21-19-36-28-13-9-26(10-14-28)33(18-17-25-7-5-6-8-30(25)33)27-11-15-29(16-12-27)37-20-22-39-32(35)24(3)4/h5-16H,1,3,17-22H2,2,4H3. The molecule has 0 bridgehead atoms. The van der Waals surface area contributed by atoms with E-state index in [0.717, 1.165) is 12.8 Å². The van der Waals surface area contributed by atoms with Crippen molar-refractivity contribution in [1.29, 1.82) is 0 Å². The number of benzene rings is 3. The minimum absolute atomic E-state index is 0.162. The number of hydrogen-bond donors (Lipinski definition) is 0. The molecular weight excluding hydrogens is 492 g/mol. The minimum atomic E-state index is -0.418. The molecule has 6 heteroatoms. The van der Waals surface area contributed by atoms with Gasteiger partial charge in [0.25, 0.3) is 0 Å². The predicted molar refractivity (Wildman–Crippen MR) is 150 cm³/mol. The highest BCUT2D eigenvalue weighted by molar-refractivity contribution is 5.87. The van der Waals surface area contributed by atoms with Crippen LogP contribution in [0.4, 0.5) is 0 Å². The molecule has 6 nitrogen and oxygen atoms in total. The molecule has 0 saturated carbocycles. The first-order chi connectivity index (χ1) is 18.8. The molecule has 3 aromatic rings. The van der Waals surface area contributed by atoms with Crippen molar-refractivity contribution in [3.05, 3.63) is 119 Å². The van der Waals surface area contributed by atoms with E-state index >= 15 is 0 Å². The van der Waals surface area contributed by atoms with E-state index in [-0.39, 0.29) is 31.8 Å². The molecule has 39 heavy (non-hydrogen) atoms. The van der Waals surface area contributed by atoms with E-state index in [0.29, 0.717) is 22.6 Å². The summed E-state index contributed by atoms with van der Waals surface area (Å²) < 4.78 is 21.8. The van der Waals surface area contributed by atoms with Crippen LogP contribution in [-0.4, -0.2) is 38.4 Å². The lowest BCUT2D eigenvalue weighted by Crippen LogP contribution is -2.26. The summed E-state index contributed by atoms with van der Waals surface area (Å²) in [6.07, 6.45) is 1.93. The second-order valence-corrected chi connectivity index (χ2v) is 9.64. The molecule has 0 fully saturated rings. The van der Waals surface area contributed by atoms with Gasteiger partial charge in [0.1, 0.15) is 37.9 Å². The van der Waals surface area contributed by atoms with Crippen molar-refractivity contribution in [3.8, 4) is 11.5 Å². The largest absolute Gasteiger partial charge is 0.490 e. The summed E-state index contributed by atoms with van der Waals surface area (Å²) >= 11 is 0. The smallest absolute Gasteiger partial charge is 0.333 e. The first kappa shape index (κ1) is 27.7. The van der Waals surface area contributed by atoms with Crippen LogP contribution in [0, 0.1) is 0 Å². The number of carbonyl (C=O) groups excluding carboxylic acids is 2. The van der Waals surface area contributed by atoms with Crippen LogP contribution in [0.1, 0.15) is 42.5 Å². The normalized spacial score (nSPS) is 13.2. The fourth-order valence-electron chi connectivity index (χ4n) is 4.88. The van der Waals surface area contributed by atoms with Gasteiger partial charge in [0.2, 0.25) is 0 Å². The molecule has 0 unspecified atom stereocenters. The number of aryl methyl sites for hydroxylation is 1. The minimum Gasteiger partial charge on any atom is -0.490 e. The zero-order chi connectivity index (χ0) is 27.8. The van der Waals surface area contributed by atoms with Gasteiger partial charge in [-0.2, -0.15) is 0 Å². The molecule has 0 atom stereocenters. The molecule has 0 N–H and O–H groups in total. The van der Waals surface area contributed by atoms with Crippen LogP contribution in [0.5, 0.6) is 11.5 Å². The van der Waals surface area contributed by atoms with Gasteiger partial charge in [-0.3, -0.25) is 0 Å². The van der Waals surface area contributed by atoms with Gasteiger partial charge in [0.15, 0.2) is 0 Å². The van der Waals surface area contributed by atoms with Gasteiger partial charge in [-0.1, -0.05) is 61.7 Å². The summed E-state index contributed by atoms with van der Waals surface area (Å²) in [5, 5.41) is 0. The van der Waals surface area contributed by atoms with Gasteiger partial charge in [-0.05, 0) is 73.2 Å². The summed E-state index contributed by atoms with van der Waals surface area (Å²) in [5.74, 6) is 0.585. The highest BCUT2D eigenvalue weighted by Gasteiger charge is 2.41. The molecule has 0 spiro atoms. The van der Waals surface area contributed by atoms with E-state index in [1.54, 1.807) is 13.8 Å². The van der Waals surface area contributed by atoms with Crippen LogP contribution in [0.25, 0.3) is 0 Å². The van der Waals surface area contributed by atoms with E-state index in [9.17, 15) is 9.59 Å². The Hall–Kier alpha value is -4.32. The topological polar surface area (TPSA) is 71.1 Å². The fraction of sp³-hybridized carbons (Fsp3) is 0.273. The van der Waals surface area contributed by atoms with Gasteiger partial charge < -0.3 is 18.9 Å². The fourth-order valence-corrected chi connectivity index (χ4v) is 4.88. The van der Waals surface area contributed by atoms with Gasteiger partial charge in [0, 0.05) is 16.6 Å². The van der Waals surface area contributed by atoms with Crippen LogP contribution in [0.15, 0.2) is 97.1 Å². The quantitative estimate of drug-likeness (QED) is 0.165. The van der Waals surface area contributed by atoms with E-state index in [4.69, 9.17) is 18.9 Å². The Bertz CT molecular complexity index is 1260. The Labute approximate surface area is 229 Å². The zero-order valence-corrected chi connectivity index (χ0v) is 22.5. The second kappa shape index (κ2) is 12.5. The van der Waals surface area contributed by atoms with Crippen LogP contribution >= 0.6 is 0 Å². The van der Waals surface area contributed by atoms with Crippen molar-refractivity contribution in [1.82, 2.24) is 0 Å². The third-order valence-electron chi connectivity index (χ3n) is 6.81. The van der Waals surface area contributed by atoms with Gasteiger partial charge in [0.05, 0.1) is 0 Å². The number of esters is 2. The number of rotatable bonds is 12. The lowest BCUT2D eigenvalue weighted by molar-refractivity contribution is -0.140. The van der Waals surface area contributed by atoms with Crippen molar-refractivity contribution in [3.63, 3.8) is 0 Å². The Balaban J connectivity index is 1.49. The first-order valence-corrected chi connectivity index (χ1v) is 13.0. The first-order valence-electron chi connectivity index (χ1n) is 13.0. The average Bonchev–Trinajstić information content (AvgIpc) is 3.34. The SMILES string of the molecule is C=C(C)C(=O)OCCOc1ccc(C2(c3ccc(OCCOC(=O)C(=C)C)cc3)CCc3ccccc32)cc1. The van der Waals surface area contributed by atoms with E-state index in [2.05, 4.69) is 61.7 Å². The summed E-state index contributed by atoms with van der Waals surface area (Å²) in [5.41, 5.74) is 5.42. The maximum Gasteiger partial charge on any atom is 0.333 e. The van der Waals surface area contributed by atoms with Gasteiger partial charge in [-0.15, -0.1) is 0 Å². The van der Waals surface area contributed by atoms with Crippen LogP contribution in [0.2, 0.25) is 0 Å². The van der Waals surface area contributed by atoms with Crippen molar-refractivity contribution in [2.45, 2.75) is 32.1 Å². The Morgan fingerprint density at radius 2 is 1.15 bits per heavy atom. The van der Waals surface area contributed by atoms with E-state index in [1.807, 2.05) is 24.3 Å². The molecule has 3 aromatic carbocycles. The van der Waals surface area contributed by atoms with Crippen molar-refractivity contribution < 1.29 is 28.5 Å². The zero-order valence-electron chi connectivity index (χ0n) is 22.5. The Morgan fingerprint density at radius 3 is 1.62 bits per heavy atom. The number of carbonyl (C=O) groups is 2. The molecule has 0 heterocycles. The van der Waals surface area contributed by atoms with Crippen molar-refractivity contribution >= 4 is 11.9 Å². The number of hydrogen-bond acceptors (Lipinski definition) is 6. The molecule has 4 rings (SSSR count). The average molecular weight is 527 g/mol. The molecule has 0 aromatic heterocycles. The number of ether oxygens (including phenoxy) is 4. The molecule has 1 aliphatic rings. The van der Waals surface area contributed by atoms with Crippen LogP contribution in [-0.2, 0) is 30.9 Å². The van der Waals surface area contributed by atoms with Crippen molar-refractivity contribution in [2.75, 3.05) is 26.4 Å². The highest BCUT2D eigenvalue weighted by atomic mass is 16.6. The van der Waals surface area contributed by atoms with Crippen LogP contribution in [0.3, 0.4) is 0 Å². The van der Waals surface area contributed by atoms with Gasteiger partial charge in [-0.25, -0.2) is 9.59 Å². The van der Waals surface area contributed by atoms with E-state index in [1.165, 1.54) is 22.3 Å². The highest BCUT2D eigenvalue weighted by Crippen LogP contribution is 2.49. The van der Waals surface area contributed by atoms with Crippen LogP contribution < -0.4 is 9.47 Å². The second-order valence-electron chi connectivity index (χ2n) is 9.64. The summed E-state index contributed by atoms with van der Waals surface area (Å²) in [6.45, 7) is 11.2. The lowest BCUT2D eigenvalue weighted by Gasteiger charge is -2.32. The third kappa shape index (κ3) is 6.40. The molecule has 0 aliphatic heterocycles. The summed E-state index contributed by atoms with van der Waals surface area (Å²) in [6, 6.07) is 24.9. The molecule has 0 amide bonds. The lowest BCUT2D eigenvalue weighted by atomic mass is 9.70. The molecule has 202 valence electrons. The molecule has 0 saturated heterocycles. The summed E-state index contributed by atoms with van der Waals surface area (Å²) in [4.78, 5) is 23.1. The molecular formula is C33H34O6. The maximum absolute atomic E-state index is 11.5. The predicted octanol–water partition coefficient (Wildman–Crippen LogP) is 5.96. The van der Waals surface area contributed by atoms with E-state index < -0.39 is 11.9 Å². The third-order valence-corrected chi connectivity index (χ3v) is 6.81. The Kier molecular flexibility index (Phi) is 8.87. The monoisotopic (exact) mass is 526 g/mol. The molecule has 1 aliphatic carbocycles.